The molecule has 1 atom stereocenters. The van der Waals surface area contributed by atoms with Crippen LogP contribution in [0.15, 0.2) is 54.6 Å². The van der Waals surface area contributed by atoms with Crippen molar-refractivity contribution in [3.63, 3.8) is 0 Å². The summed E-state index contributed by atoms with van der Waals surface area (Å²) in [4.78, 5) is 27.5. The molecule has 180 valence electrons. The summed E-state index contributed by atoms with van der Waals surface area (Å²) in [6.45, 7) is 3.93. The van der Waals surface area contributed by atoms with Crippen LogP contribution >= 0.6 is 0 Å². The van der Waals surface area contributed by atoms with Crippen molar-refractivity contribution in [1.29, 1.82) is 0 Å². The number of rotatable bonds is 12. The van der Waals surface area contributed by atoms with Crippen molar-refractivity contribution >= 4 is 27.5 Å². The third-order valence-electron chi connectivity index (χ3n) is 5.23. The summed E-state index contributed by atoms with van der Waals surface area (Å²) in [7, 11) is -2.36. The van der Waals surface area contributed by atoms with Crippen LogP contribution in [0.1, 0.15) is 25.8 Å². The average molecular weight is 476 g/mol. The van der Waals surface area contributed by atoms with Crippen LogP contribution in [-0.4, -0.2) is 64.2 Å². The van der Waals surface area contributed by atoms with Gasteiger partial charge in [0.25, 0.3) is 0 Å². The van der Waals surface area contributed by atoms with Crippen LogP contribution in [0.4, 0.5) is 5.69 Å². The van der Waals surface area contributed by atoms with Crippen molar-refractivity contribution in [2.45, 2.75) is 32.7 Å². The molecule has 2 aromatic carbocycles. The van der Waals surface area contributed by atoms with Gasteiger partial charge < -0.3 is 15.0 Å². The standard InChI is InChI=1S/C24H33N3O5S/c1-5-16-25-24(29)19(2)26(17-15-20-11-7-6-8-12-20)23(28)18-27(33(4,30)31)21-13-9-10-14-22(21)32-3/h6-14,19H,5,15-18H2,1-4H3,(H,25,29)/t19-/m1/s1. The van der Waals surface area contributed by atoms with E-state index in [1.165, 1.54) is 12.0 Å². The summed E-state index contributed by atoms with van der Waals surface area (Å²) in [5.74, 6) is -0.414. The van der Waals surface area contributed by atoms with Gasteiger partial charge in [0.2, 0.25) is 21.8 Å². The Labute approximate surface area is 196 Å². The third kappa shape index (κ3) is 7.49. The molecule has 0 saturated carbocycles. The van der Waals surface area contributed by atoms with Gasteiger partial charge in [-0.25, -0.2) is 8.42 Å². The van der Waals surface area contributed by atoms with E-state index in [2.05, 4.69) is 5.32 Å². The van der Waals surface area contributed by atoms with E-state index in [1.54, 1.807) is 31.2 Å². The molecule has 1 N–H and O–H groups in total. The first-order valence-electron chi connectivity index (χ1n) is 10.9. The second kappa shape index (κ2) is 12.2. The molecule has 2 aromatic rings. The Hall–Kier alpha value is -3.07. The van der Waals surface area contributed by atoms with E-state index in [-0.39, 0.29) is 18.1 Å². The number of methoxy groups -OCH3 is 1. The lowest BCUT2D eigenvalue weighted by Crippen LogP contribution is -2.52. The molecule has 0 fully saturated rings. The first kappa shape index (κ1) is 26.2. The van der Waals surface area contributed by atoms with Gasteiger partial charge in [0.05, 0.1) is 19.1 Å². The Morgan fingerprint density at radius 1 is 1.06 bits per heavy atom. The van der Waals surface area contributed by atoms with Gasteiger partial charge in [-0.2, -0.15) is 0 Å². The van der Waals surface area contributed by atoms with Crippen LogP contribution in [0.25, 0.3) is 0 Å². The monoisotopic (exact) mass is 475 g/mol. The number of benzene rings is 2. The minimum Gasteiger partial charge on any atom is -0.495 e. The van der Waals surface area contributed by atoms with Crippen molar-refractivity contribution in [3.05, 3.63) is 60.2 Å². The first-order chi connectivity index (χ1) is 15.7. The molecular formula is C24H33N3O5S. The molecule has 2 amide bonds. The van der Waals surface area contributed by atoms with Gasteiger partial charge in [-0.05, 0) is 37.5 Å². The molecule has 0 unspecified atom stereocenters. The normalized spacial score (nSPS) is 12.0. The number of ether oxygens (including phenoxy) is 1. The number of anilines is 1. The first-order valence-corrected chi connectivity index (χ1v) is 12.8. The molecule has 9 heteroatoms. The van der Waals surface area contributed by atoms with E-state index in [9.17, 15) is 18.0 Å². The van der Waals surface area contributed by atoms with Crippen LogP contribution < -0.4 is 14.4 Å². The zero-order chi connectivity index (χ0) is 24.4. The fourth-order valence-corrected chi connectivity index (χ4v) is 4.25. The molecule has 0 radical (unpaired) electrons. The quantitative estimate of drug-likeness (QED) is 0.509. The Morgan fingerprint density at radius 2 is 1.70 bits per heavy atom. The van der Waals surface area contributed by atoms with Gasteiger partial charge in [0.1, 0.15) is 18.3 Å². The van der Waals surface area contributed by atoms with E-state index in [0.717, 1.165) is 22.5 Å². The predicted molar refractivity (Wildman–Crippen MR) is 130 cm³/mol. The molecule has 0 bridgehead atoms. The van der Waals surface area contributed by atoms with Gasteiger partial charge >= 0.3 is 0 Å². The van der Waals surface area contributed by atoms with Gasteiger partial charge in [-0.1, -0.05) is 49.4 Å². The highest BCUT2D eigenvalue weighted by atomic mass is 32.2. The van der Waals surface area contributed by atoms with E-state index in [0.29, 0.717) is 18.7 Å². The lowest BCUT2D eigenvalue weighted by atomic mass is 10.1. The molecule has 0 aromatic heterocycles. The molecule has 0 heterocycles. The number of amides is 2. The minimum atomic E-state index is -3.80. The Bertz CT molecular complexity index is 1030. The highest BCUT2D eigenvalue weighted by molar-refractivity contribution is 7.92. The number of hydrogen-bond donors (Lipinski definition) is 1. The highest BCUT2D eigenvalue weighted by Crippen LogP contribution is 2.29. The van der Waals surface area contributed by atoms with Crippen molar-refractivity contribution < 1.29 is 22.7 Å². The van der Waals surface area contributed by atoms with Crippen molar-refractivity contribution in [2.24, 2.45) is 0 Å². The number of hydrogen-bond acceptors (Lipinski definition) is 5. The Morgan fingerprint density at radius 3 is 2.30 bits per heavy atom. The number of nitrogens with zero attached hydrogens (tertiary/aromatic N) is 2. The summed E-state index contributed by atoms with van der Waals surface area (Å²) in [6, 6.07) is 15.5. The fraction of sp³-hybridized carbons (Fsp3) is 0.417. The zero-order valence-electron chi connectivity index (χ0n) is 19.7. The van der Waals surface area contributed by atoms with Crippen molar-refractivity contribution in [3.8, 4) is 5.75 Å². The van der Waals surface area contributed by atoms with Crippen molar-refractivity contribution in [1.82, 2.24) is 10.2 Å². The Kier molecular flexibility index (Phi) is 9.72. The van der Waals surface area contributed by atoms with Gasteiger partial charge in [-0.3, -0.25) is 13.9 Å². The molecule has 0 saturated heterocycles. The van der Waals surface area contributed by atoms with Crippen LogP contribution in [0, 0.1) is 0 Å². The maximum absolute atomic E-state index is 13.4. The van der Waals surface area contributed by atoms with Crippen LogP contribution in [0.2, 0.25) is 0 Å². The molecule has 0 aliphatic carbocycles. The predicted octanol–water partition coefficient (Wildman–Crippen LogP) is 2.45. The van der Waals surface area contributed by atoms with Crippen LogP contribution in [0.3, 0.4) is 0 Å². The number of nitrogens with one attached hydrogen (secondary N) is 1. The molecule has 0 aliphatic heterocycles. The summed E-state index contributed by atoms with van der Waals surface area (Å²) in [6.07, 6.45) is 2.34. The van der Waals surface area contributed by atoms with Crippen molar-refractivity contribution in [2.75, 3.05) is 37.3 Å². The number of carbonyl (C=O) groups excluding carboxylic acids is 2. The van der Waals surface area contributed by atoms with Crippen LogP contribution in [0.5, 0.6) is 5.75 Å². The zero-order valence-corrected chi connectivity index (χ0v) is 20.5. The maximum Gasteiger partial charge on any atom is 0.244 e. The second-order valence-corrected chi connectivity index (χ2v) is 9.64. The maximum atomic E-state index is 13.4. The third-order valence-corrected chi connectivity index (χ3v) is 6.36. The number of para-hydroxylation sites is 2. The number of sulfonamides is 1. The van der Waals surface area contributed by atoms with E-state index >= 15 is 0 Å². The average Bonchev–Trinajstić information content (AvgIpc) is 2.80. The van der Waals surface area contributed by atoms with Gasteiger partial charge in [0, 0.05) is 13.1 Å². The van der Waals surface area contributed by atoms with E-state index in [4.69, 9.17) is 4.74 Å². The van der Waals surface area contributed by atoms with Crippen LogP contribution in [-0.2, 0) is 26.0 Å². The number of carbonyl (C=O) groups is 2. The largest absolute Gasteiger partial charge is 0.495 e. The summed E-state index contributed by atoms with van der Waals surface area (Å²) in [5, 5.41) is 2.81. The van der Waals surface area contributed by atoms with Gasteiger partial charge in [-0.15, -0.1) is 0 Å². The van der Waals surface area contributed by atoms with Gasteiger partial charge in [0.15, 0.2) is 0 Å². The molecule has 0 aliphatic rings. The molecule has 2 rings (SSSR count). The lowest BCUT2D eigenvalue weighted by Gasteiger charge is -2.31. The fourth-order valence-electron chi connectivity index (χ4n) is 3.40. The molecule has 8 nitrogen and oxygen atoms in total. The molecule has 0 spiro atoms. The second-order valence-electron chi connectivity index (χ2n) is 7.73. The SMILES string of the molecule is CCCNC(=O)[C@@H](C)N(CCc1ccccc1)C(=O)CN(c1ccccc1OC)S(C)(=O)=O. The lowest BCUT2D eigenvalue weighted by molar-refractivity contribution is -0.138. The minimum absolute atomic E-state index is 0.266. The highest BCUT2D eigenvalue weighted by Gasteiger charge is 2.30. The van der Waals surface area contributed by atoms with E-state index in [1.807, 2.05) is 37.3 Å². The van der Waals surface area contributed by atoms with E-state index < -0.39 is 28.5 Å². The topological polar surface area (TPSA) is 96.0 Å². The summed E-state index contributed by atoms with van der Waals surface area (Å²) >= 11 is 0. The molecule has 33 heavy (non-hydrogen) atoms. The summed E-state index contributed by atoms with van der Waals surface area (Å²) in [5.41, 5.74) is 1.28. The molecular weight excluding hydrogens is 442 g/mol. The Balaban J connectivity index is 2.32. The summed E-state index contributed by atoms with van der Waals surface area (Å²) < 4.78 is 31.5. The smallest absolute Gasteiger partial charge is 0.244 e.